The number of carbonyl (C=O) groups excluding carboxylic acids is 1. The minimum Gasteiger partial charge on any atom is -0.496 e. The zero-order valence-electron chi connectivity index (χ0n) is 12.3. The number of amides is 1. The summed E-state index contributed by atoms with van der Waals surface area (Å²) in [5.41, 5.74) is 6.54. The molecule has 1 aromatic rings. The van der Waals surface area contributed by atoms with Crippen LogP contribution in [0.2, 0.25) is 0 Å². The molecule has 0 saturated carbocycles. The van der Waals surface area contributed by atoms with Crippen LogP contribution in [-0.2, 0) is 0 Å². The van der Waals surface area contributed by atoms with Gasteiger partial charge in [-0.15, -0.1) is 0 Å². The Hall–Kier alpha value is -1.75. The highest BCUT2D eigenvalue weighted by Crippen LogP contribution is 2.30. The van der Waals surface area contributed by atoms with E-state index < -0.39 is 0 Å². The third-order valence-electron chi connectivity index (χ3n) is 3.95. The van der Waals surface area contributed by atoms with E-state index in [-0.39, 0.29) is 11.9 Å². The summed E-state index contributed by atoms with van der Waals surface area (Å²) in [5.74, 6) is 1.42. The second kappa shape index (κ2) is 6.13. The summed E-state index contributed by atoms with van der Waals surface area (Å²) in [6, 6.07) is 5.36. The molecule has 1 saturated heterocycles. The van der Waals surface area contributed by atoms with Crippen LogP contribution in [0, 0.1) is 5.92 Å². The maximum Gasteiger partial charge on any atom is 0.261 e. The molecule has 2 rings (SSSR count). The first-order valence-corrected chi connectivity index (χ1v) is 6.84. The van der Waals surface area contributed by atoms with Crippen molar-refractivity contribution in [2.45, 2.75) is 19.4 Å². The Balaban J connectivity index is 2.29. The van der Waals surface area contributed by atoms with Gasteiger partial charge in [-0.3, -0.25) is 4.79 Å². The van der Waals surface area contributed by atoms with Crippen molar-refractivity contribution in [2.75, 3.05) is 27.3 Å². The summed E-state index contributed by atoms with van der Waals surface area (Å²) in [5, 5.41) is 0. The van der Waals surface area contributed by atoms with E-state index in [2.05, 4.69) is 6.92 Å². The van der Waals surface area contributed by atoms with Gasteiger partial charge in [0.15, 0.2) is 0 Å². The van der Waals surface area contributed by atoms with Gasteiger partial charge in [-0.2, -0.15) is 0 Å². The molecule has 20 heavy (non-hydrogen) atoms. The fraction of sp³-hybridized carbons (Fsp3) is 0.533. The first kappa shape index (κ1) is 14.7. The molecule has 2 unspecified atom stereocenters. The topological polar surface area (TPSA) is 64.8 Å². The number of hydrogen-bond acceptors (Lipinski definition) is 4. The second-order valence-corrected chi connectivity index (χ2v) is 5.22. The van der Waals surface area contributed by atoms with E-state index in [4.69, 9.17) is 15.2 Å². The van der Waals surface area contributed by atoms with Crippen molar-refractivity contribution in [3.05, 3.63) is 23.8 Å². The summed E-state index contributed by atoms with van der Waals surface area (Å²) < 4.78 is 10.6. The molecule has 0 bridgehead atoms. The van der Waals surface area contributed by atoms with Gasteiger partial charge in [0, 0.05) is 19.1 Å². The van der Waals surface area contributed by atoms with Crippen LogP contribution >= 0.6 is 0 Å². The van der Waals surface area contributed by atoms with Gasteiger partial charge in [-0.1, -0.05) is 13.0 Å². The number of likely N-dealkylation sites (tertiary alicyclic amines) is 1. The van der Waals surface area contributed by atoms with Crippen molar-refractivity contribution in [3.8, 4) is 11.5 Å². The number of nitrogens with two attached hydrogens (primary N) is 1. The summed E-state index contributed by atoms with van der Waals surface area (Å²) in [6.07, 6.45) is 0.921. The highest BCUT2D eigenvalue weighted by atomic mass is 16.5. The average Bonchev–Trinajstić information content (AvgIpc) is 2.48. The van der Waals surface area contributed by atoms with E-state index in [0.29, 0.717) is 29.5 Å². The van der Waals surface area contributed by atoms with Gasteiger partial charge in [0.05, 0.1) is 14.2 Å². The molecule has 1 amide bonds. The van der Waals surface area contributed by atoms with E-state index in [9.17, 15) is 4.79 Å². The number of methoxy groups -OCH3 is 2. The predicted octanol–water partition coefficient (Wildman–Crippen LogP) is 1.51. The molecule has 0 spiro atoms. The molecular formula is C15H22N2O3. The highest BCUT2D eigenvalue weighted by molar-refractivity contribution is 5.99. The van der Waals surface area contributed by atoms with Gasteiger partial charge in [0.25, 0.3) is 5.91 Å². The van der Waals surface area contributed by atoms with Crippen molar-refractivity contribution >= 4 is 5.91 Å². The molecule has 5 heteroatoms. The Morgan fingerprint density at radius 1 is 1.30 bits per heavy atom. The van der Waals surface area contributed by atoms with E-state index >= 15 is 0 Å². The third-order valence-corrected chi connectivity index (χ3v) is 3.95. The number of carbonyl (C=O) groups is 1. The number of ether oxygens (including phenoxy) is 2. The predicted molar refractivity (Wildman–Crippen MR) is 77.2 cm³/mol. The lowest BCUT2D eigenvalue weighted by Gasteiger charge is -2.35. The molecule has 5 nitrogen and oxygen atoms in total. The van der Waals surface area contributed by atoms with E-state index in [1.165, 1.54) is 0 Å². The van der Waals surface area contributed by atoms with Crippen molar-refractivity contribution in [1.82, 2.24) is 4.90 Å². The lowest BCUT2D eigenvalue weighted by molar-refractivity contribution is 0.0665. The normalized spacial score (nSPS) is 22.5. The maximum absolute atomic E-state index is 12.7. The molecule has 2 atom stereocenters. The molecule has 0 aliphatic carbocycles. The molecule has 1 aliphatic rings. The number of piperidine rings is 1. The van der Waals surface area contributed by atoms with Crippen molar-refractivity contribution < 1.29 is 14.3 Å². The van der Waals surface area contributed by atoms with E-state index in [0.717, 1.165) is 13.0 Å². The quantitative estimate of drug-likeness (QED) is 0.910. The van der Waals surface area contributed by atoms with Crippen molar-refractivity contribution in [1.29, 1.82) is 0 Å². The largest absolute Gasteiger partial charge is 0.496 e. The van der Waals surface area contributed by atoms with Crippen LogP contribution in [-0.4, -0.2) is 44.2 Å². The van der Waals surface area contributed by atoms with Gasteiger partial charge in [-0.25, -0.2) is 0 Å². The summed E-state index contributed by atoms with van der Waals surface area (Å²) in [6.45, 7) is 3.41. The fourth-order valence-corrected chi connectivity index (χ4v) is 2.50. The van der Waals surface area contributed by atoms with Crippen LogP contribution in [0.25, 0.3) is 0 Å². The van der Waals surface area contributed by atoms with Gasteiger partial charge in [0.2, 0.25) is 0 Å². The smallest absolute Gasteiger partial charge is 0.261 e. The van der Waals surface area contributed by atoms with Gasteiger partial charge < -0.3 is 20.1 Å². The lowest BCUT2D eigenvalue weighted by atomic mass is 9.94. The minimum absolute atomic E-state index is 0.0217. The van der Waals surface area contributed by atoms with Gasteiger partial charge in [0.1, 0.15) is 17.1 Å². The zero-order valence-corrected chi connectivity index (χ0v) is 12.3. The van der Waals surface area contributed by atoms with E-state index in [1.807, 2.05) is 0 Å². The van der Waals surface area contributed by atoms with Crippen LogP contribution < -0.4 is 15.2 Å². The molecule has 1 aromatic carbocycles. The Labute approximate surface area is 119 Å². The van der Waals surface area contributed by atoms with Gasteiger partial charge in [-0.05, 0) is 24.5 Å². The van der Waals surface area contributed by atoms with Crippen LogP contribution in [0.3, 0.4) is 0 Å². The average molecular weight is 278 g/mol. The molecule has 1 aliphatic heterocycles. The SMILES string of the molecule is COc1cccc(OC)c1C(=O)N1CCC(C)C(N)C1. The van der Waals surface area contributed by atoms with Crippen molar-refractivity contribution in [3.63, 3.8) is 0 Å². The van der Waals surface area contributed by atoms with Crippen LogP contribution in [0.1, 0.15) is 23.7 Å². The van der Waals surface area contributed by atoms with E-state index in [1.54, 1.807) is 37.3 Å². The standard InChI is InChI=1S/C15H22N2O3/c1-10-7-8-17(9-11(10)16)15(18)14-12(19-2)5-4-6-13(14)20-3/h4-6,10-11H,7-9,16H2,1-3H3. The second-order valence-electron chi connectivity index (χ2n) is 5.22. The lowest BCUT2D eigenvalue weighted by Crippen LogP contribution is -2.49. The molecule has 0 aromatic heterocycles. The maximum atomic E-state index is 12.7. The molecule has 0 radical (unpaired) electrons. The van der Waals surface area contributed by atoms with Gasteiger partial charge >= 0.3 is 0 Å². The molecule has 1 fully saturated rings. The van der Waals surface area contributed by atoms with Crippen LogP contribution in [0.15, 0.2) is 18.2 Å². The zero-order chi connectivity index (χ0) is 14.7. The first-order valence-electron chi connectivity index (χ1n) is 6.84. The summed E-state index contributed by atoms with van der Waals surface area (Å²) >= 11 is 0. The Morgan fingerprint density at radius 3 is 2.40 bits per heavy atom. The molecule has 110 valence electrons. The molecular weight excluding hydrogens is 256 g/mol. The first-order chi connectivity index (χ1) is 9.58. The Morgan fingerprint density at radius 2 is 1.90 bits per heavy atom. The van der Waals surface area contributed by atoms with Crippen LogP contribution in [0.5, 0.6) is 11.5 Å². The minimum atomic E-state index is -0.0818. The number of rotatable bonds is 3. The Bertz CT molecular complexity index is 468. The third kappa shape index (κ3) is 2.72. The Kier molecular flexibility index (Phi) is 4.49. The summed E-state index contributed by atoms with van der Waals surface area (Å²) in [4.78, 5) is 14.5. The number of benzene rings is 1. The molecule has 2 N–H and O–H groups in total. The highest BCUT2D eigenvalue weighted by Gasteiger charge is 2.30. The number of nitrogens with zero attached hydrogens (tertiary/aromatic N) is 1. The fourth-order valence-electron chi connectivity index (χ4n) is 2.50. The molecule has 1 heterocycles. The van der Waals surface area contributed by atoms with Crippen molar-refractivity contribution in [2.24, 2.45) is 11.7 Å². The van der Waals surface area contributed by atoms with Crippen LogP contribution in [0.4, 0.5) is 0 Å². The summed E-state index contributed by atoms with van der Waals surface area (Å²) in [7, 11) is 3.10. The monoisotopic (exact) mass is 278 g/mol. The number of hydrogen-bond donors (Lipinski definition) is 1.